The molecule has 0 bridgehead atoms. The maximum absolute atomic E-state index is 12.5. The molecule has 0 aliphatic carbocycles. The minimum atomic E-state index is -0.288. The summed E-state index contributed by atoms with van der Waals surface area (Å²) in [5, 5.41) is 0.205. The van der Waals surface area contributed by atoms with E-state index in [2.05, 4.69) is 0 Å². The predicted octanol–water partition coefficient (Wildman–Crippen LogP) is 4.98. The number of imide groups is 1. The van der Waals surface area contributed by atoms with Crippen LogP contribution >= 0.6 is 23.4 Å². The van der Waals surface area contributed by atoms with Gasteiger partial charge in [0.25, 0.3) is 11.1 Å². The Morgan fingerprint density at radius 2 is 1.92 bits per heavy atom. The Morgan fingerprint density at radius 3 is 2.60 bits per heavy atom. The van der Waals surface area contributed by atoms with E-state index in [1.165, 1.54) is 4.90 Å². The lowest BCUT2D eigenvalue weighted by Gasteiger charge is -2.12. The zero-order valence-electron chi connectivity index (χ0n) is 13.6. The molecule has 0 radical (unpaired) electrons. The van der Waals surface area contributed by atoms with E-state index < -0.39 is 0 Å². The first-order chi connectivity index (χ1) is 12.1. The SMILES string of the molecule is CCOc1ccc(/C=C2\SC(=O)N(Cc3ccccc3)C2=O)cc1Cl. The highest BCUT2D eigenvalue weighted by Crippen LogP contribution is 2.34. The molecule has 0 saturated carbocycles. The van der Waals surface area contributed by atoms with Gasteiger partial charge in [0, 0.05) is 0 Å². The average Bonchev–Trinajstić information content (AvgIpc) is 2.86. The third kappa shape index (κ3) is 4.06. The second kappa shape index (κ2) is 7.76. The van der Waals surface area contributed by atoms with Crippen molar-refractivity contribution in [1.82, 2.24) is 4.90 Å². The van der Waals surface area contributed by atoms with Crippen LogP contribution in [0.15, 0.2) is 53.4 Å². The summed E-state index contributed by atoms with van der Waals surface area (Å²) >= 11 is 7.11. The van der Waals surface area contributed by atoms with Gasteiger partial charge in [-0.25, -0.2) is 0 Å². The van der Waals surface area contributed by atoms with Gasteiger partial charge in [-0.1, -0.05) is 48.0 Å². The summed E-state index contributed by atoms with van der Waals surface area (Å²) in [6.07, 6.45) is 1.68. The number of rotatable bonds is 5. The summed E-state index contributed by atoms with van der Waals surface area (Å²) in [6.45, 7) is 2.68. The highest BCUT2D eigenvalue weighted by atomic mass is 35.5. The number of carbonyl (C=O) groups is 2. The monoisotopic (exact) mass is 373 g/mol. The summed E-state index contributed by atoms with van der Waals surface area (Å²) in [6, 6.07) is 14.7. The quantitative estimate of drug-likeness (QED) is 0.694. The molecule has 0 spiro atoms. The molecule has 3 rings (SSSR count). The average molecular weight is 374 g/mol. The predicted molar refractivity (Wildman–Crippen MR) is 101 cm³/mol. The molecule has 0 N–H and O–H groups in total. The minimum absolute atomic E-state index is 0.267. The number of ether oxygens (including phenoxy) is 1. The van der Waals surface area contributed by atoms with Gasteiger partial charge >= 0.3 is 0 Å². The Balaban J connectivity index is 1.79. The molecule has 4 nitrogen and oxygen atoms in total. The first-order valence-electron chi connectivity index (χ1n) is 7.80. The summed E-state index contributed by atoms with van der Waals surface area (Å²) in [4.78, 5) is 26.4. The highest BCUT2D eigenvalue weighted by molar-refractivity contribution is 8.18. The third-order valence-electron chi connectivity index (χ3n) is 3.61. The van der Waals surface area contributed by atoms with Gasteiger partial charge in [-0.2, -0.15) is 0 Å². The van der Waals surface area contributed by atoms with Crippen molar-refractivity contribution in [3.05, 3.63) is 69.6 Å². The van der Waals surface area contributed by atoms with Crippen molar-refractivity contribution in [2.45, 2.75) is 13.5 Å². The fourth-order valence-corrected chi connectivity index (χ4v) is 3.51. The highest BCUT2D eigenvalue weighted by Gasteiger charge is 2.34. The maximum Gasteiger partial charge on any atom is 0.293 e. The van der Waals surface area contributed by atoms with Crippen molar-refractivity contribution in [3.63, 3.8) is 0 Å². The number of thioether (sulfide) groups is 1. The summed E-state index contributed by atoms with van der Waals surface area (Å²) < 4.78 is 5.40. The number of halogens is 1. The Bertz CT molecular complexity index is 836. The summed E-state index contributed by atoms with van der Waals surface area (Å²) in [5.41, 5.74) is 1.66. The lowest BCUT2D eigenvalue weighted by molar-refractivity contribution is -0.123. The summed E-state index contributed by atoms with van der Waals surface area (Å²) in [7, 11) is 0. The van der Waals surface area contributed by atoms with Crippen LogP contribution in [0.5, 0.6) is 5.75 Å². The first-order valence-corrected chi connectivity index (χ1v) is 8.99. The van der Waals surface area contributed by atoms with E-state index >= 15 is 0 Å². The van der Waals surface area contributed by atoms with E-state index in [1.54, 1.807) is 18.2 Å². The molecule has 1 aliphatic heterocycles. The lowest BCUT2D eigenvalue weighted by Crippen LogP contribution is -2.27. The number of amides is 2. The molecule has 1 heterocycles. The van der Waals surface area contributed by atoms with Gasteiger partial charge in [-0.15, -0.1) is 0 Å². The van der Waals surface area contributed by atoms with Crippen LogP contribution in [0.25, 0.3) is 6.08 Å². The van der Waals surface area contributed by atoms with E-state index in [0.717, 1.165) is 22.9 Å². The van der Waals surface area contributed by atoms with Crippen LogP contribution in [0.3, 0.4) is 0 Å². The van der Waals surface area contributed by atoms with Crippen LogP contribution in [-0.4, -0.2) is 22.7 Å². The van der Waals surface area contributed by atoms with Crippen molar-refractivity contribution < 1.29 is 14.3 Å². The molecule has 0 unspecified atom stereocenters. The molecule has 1 aliphatic rings. The van der Waals surface area contributed by atoms with Gasteiger partial charge in [0.15, 0.2) is 0 Å². The van der Waals surface area contributed by atoms with E-state index in [-0.39, 0.29) is 17.7 Å². The number of hydrogen-bond donors (Lipinski definition) is 0. The fraction of sp³-hybridized carbons (Fsp3) is 0.158. The van der Waals surface area contributed by atoms with Crippen molar-refractivity contribution in [2.75, 3.05) is 6.61 Å². The second-order valence-electron chi connectivity index (χ2n) is 5.38. The molecule has 2 aromatic rings. The Hall–Kier alpha value is -2.24. The van der Waals surface area contributed by atoms with Crippen molar-refractivity contribution in [1.29, 1.82) is 0 Å². The van der Waals surface area contributed by atoms with Gasteiger partial charge < -0.3 is 4.74 Å². The zero-order chi connectivity index (χ0) is 17.8. The van der Waals surface area contributed by atoms with Crippen LogP contribution in [0.4, 0.5) is 4.79 Å². The van der Waals surface area contributed by atoms with Crippen molar-refractivity contribution in [2.24, 2.45) is 0 Å². The smallest absolute Gasteiger partial charge is 0.293 e. The Morgan fingerprint density at radius 1 is 1.16 bits per heavy atom. The fourth-order valence-electron chi connectivity index (χ4n) is 2.43. The first kappa shape index (κ1) is 17.6. The summed E-state index contributed by atoms with van der Waals surface area (Å²) in [5.74, 6) is 0.308. The second-order valence-corrected chi connectivity index (χ2v) is 6.78. The van der Waals surface area contributed by atoms with Crippen LogP contribution in [0.1, 0.15) is 18.1 Å². The van der Waals surface area contributed by atoms with E-state index in [9.17, 15) is 9.59 Å². The molecular formula is C19H16ClNO3S. The van der Waals surface area contributed by atoms with E-state index in [4.69, 9.17) is 16.3 Å². The maximum atomic E-state index is 12.5. The molecule has 0 atom stereocenters. The molecule has 2 aromatic carbocycles. The molecule has 1 fully saturated rings. The number of hydrogen-bond acceptors (Lipinski definition) is 4. The molecule has 0 aromatic heterocycles. The molecular weight excluding hydrogens is 358 g/mol. The van der Waals surface area contributed by atoms with Crippen LogP contribution in [-0.2, 0) is 11.3 Å². The van der Waals surface area contributed by atoms with Crippen LogP contribution < -0.4 is 4.74 Å². The Kier molecular flexibility index (Phi) is 5.46. The Labute approximate surface area is 155 Å². The minimum Gasteiger partial charge on any atom is -0.492 e. The normalized spacial score (nSPS) is 15.9. The molecule has 25 heavy (non-hydrogen) atoms. The van der Waals surface area contributed by atoms with Crippen molar-refractivity contribution >= 4 is 40.6 Å². The van der Waals surface area contributed by atoms with Crippen molar-refractivity contribution in [3.8, 4) is 5.75 Å². The zero-order valence-corrected chi connectivity index (χ0v) is 15.1. The standard InChI is InChI=1S/C19H16ClNO3S/c1-2-24-16-9-8-14(10-15(16)20)11-17-18(22)21(19(23)25-17)12-13-6-4-3-5-7-13/h3-11H,2,12H2,1H3/b17-11-. The van der Waals surface area contributed by atoms with Gasteiger partial charge in [0.1, 0.15) is 5.75 Å². The molecule has 128 valence electrons. The third-order valence-corrected chi connectivity index (χ3v) is 4.81. The largest absolute Gasteiger partial charge is 0.492 e. The van der Waals surface area contributed by atoms with Gasteiger partial charge in [0.2, 0.25) is 0 Å². The number of nitrogens with zero attached hydrogens (tertiary/aromatic N) is 1. The topological polar surface area (TPSA) is 46.6 Å². The van der Waals surface area contributed by atoms with Gasteiger partial charge in [0.05, 0.1) is 23.1 Å². The molecule has 1 saturated heterocycles. The van der Waals surface area contributed by atoms with Crippen LogP contribution in [0.2, 0.25) is 5.02 Å². The van der Waals surface area contributed by atoms with E-state index in [0.29, 0.717) is 22.3 Å². The van der Waals surface area contributed by atoms with Gasteiger partial charge in [-0.3, -0.25) is 14.5 Å². The van der Waals surface area contributed by atoms with Crippen LogP contribution in [0, 0.1) is 0 Å². The van der Waals surface area contributed by atoms with E-state index in [1.807, 2.05) is 43.3 Å². The number of benzene rings is 2. The number of carbonyl (C=O) groups excluding carboxylic acids is 2. The van der Waals surface area contributed by atoms with Gasteiger partial charge in [-0.05, 0) is 48.0 Å². The molecule has 2 amide bonds. The molecule has 6 heteroatoms. The lowest BCUT2D eigenvalue weighted by atomic mass is 10.2.